The van der Waals surface area contributed by atoms with Crippen LogP contribution in [0.4, 0.5) is 0 Å². The van der Waals surface area contributed by atoms with Gasteiger partial charge in [-0.05, 0) is 37.3 Å². The van der Waals surface area contributed by atoms with Gasteiger partial charge in [0.05, 0.1) is 12.8 Å². The van der Waals surface area contributed by atoms with Crippen LogP contribution in [0.5, 0.6) is 0 Å². The highest BCUT2D eigenvalue weighted by molar-refractivity contribution is 9.10. The van der Waals surface area contributed by atoms with Crippen LogP contribution in [0.15, 0.2) is 74.2 Å². The number of hydrogen-bond donors (Lipinski definition) is 1. The van der Waals surface area contributed by atoms with Crippen LogP contribution in [-0.2, 0) is 6.54 Å². The highest BCUT2D eigenvalue weighted by Gasteiger charge is 2.20. The Balaban J connectivity index is 1.75. The summed E-state index contributed by atoms with van der Waals surface area (Å²) in [6.07, 6.45) is 1.58. The molecule has 0 fully saturated rings. The highest BCUT2D eigenvalue weighted by Crippen LogP contribution is 2.35. The number of fused-ring (bicyclic) bond motifs is 1. The molecule has 0 aliphatic rings. The number of carbonyl (C=O) groups excluding carboxylic acids is 1. The van der Waals surface area contributed by atoms with Gasteiger partial charge in [-0.25, -0.2) is 0 Å². The summed E-state index contributed by atoms with van der Waals surface area (Å²) >= 11 is 3.44. The second-order valence-corrected chi connectivity index (χ2v) is 6.99. The molecule has 26 heavy (non-hydrogen) atoms. The van der Waals surface area contributed by atoms with E-state index in [9.17, 15) is 4.79 Å². The molecular weight excluding hydrogens is 394 g/mol. The minimum Gasteiger partial charge on any atom is -0.467 e. The zero-order valence-electron chi connectivity index (χ0n) is 14.1. The zero-order chi connectivity index (χ0) is 18.1. The quantitative estimate of drug-likeness (QED) is 0.470. The molecule has 1 N–H and O–H groups in total. The first kappa shape index (κ1) is 16.7. The summed E-state index contributed by atoms with van der Waals surface area (Å²) in [5.41, 5.74) is 2.04. The summed E-state index contributed by atoms with van der Waals surface area (Å²) in [6.45, 7) is 2.34. The van der Waals surface area contributed by atoms with Gasteiger partial charge in [-0.1, -0.05) is 45.8 Å². The Hall–Kier alpha value is -2.79. The zero-order valence-corrected chi connectivity index (χ0v) is 15.7. The maximum absolute atomic E-state index is 12.7. The monoisotopic (exact) mass is 409 g/mol. The molecule has 0 unspecified atom stereocenters. The number of amides is 1. The Morgan fingerprint density at radius 3 is 2.62 bits per heavy atom. The van der Waals surface area contributed by atoms with Gasteiger partial charge >= 0.3 is 0 Å². The summed E-state index contributed by atoms with van der Waals surface area (Å²) in [7, 11) is 0. The molecule has 0 bridgehead atoms. The van der Waals surface area contributed by atoms with E-state index in [1.165, 1.54) is 0 Å². The van der Waals surface area contributed by atoms with Crippen LogP contribution in [-0.4, -0.2) is 5.91 Å². The van der Waals surface area contributed by atoms with Gasteiger partial charge in [0.1, 0.15) is 11.5 Å². The average molecular weight is 410 g/mol. The Morgan fingerprint density at radius 1 is 1.08 bits per heavy atom. The van der Waals surface area contributed by atoms with Crippen molar-refractivity contribution in [3.63, 3.8) is 0 Å². The van der Waals surface area contributed by atoms with Crippen molar-refractivity contribution in [1.82, 2.24) is 5.32 Å². The fourth-order valence-electron chi connectivity index (χ4n) is 2.90. The number of nitrogens with one attached hydrogen (secondary N) is 1. The Bertz CT molecular complexity index is 1060. The first-order valence-corrected chi connectivity index (χ1v) is 9.01. The van der Waals surface area contributed by atoms with E-state index in [4.69, 9.17) is 8.83 Å². The molecule has 4 aromatic rings. The van der Waals surface area contributed by atoms with Gasteiger partial charge in [0.15, 0.2) is 5.76 Å². The summed E-state index contributed by atoms with van der Waals surface area (Å²) in [5.74, 6) is 1.43. The highest BCUT2D eigenvalue weighted by atomic mass is 79.9. The number of hydrogen-bond acceptors (Lipinski definition) is 3. The molecule has 0 spiro atoms. The summed E-state index contributed by atoms with van der Waals surface area (Å²) in [5, 5.41) is 4.57. The fourth-order valence-corrected chi connectivity index (χ4v) is 3.17. The minimum absolute atomic E-state index is 0.265. The topological polar surface area (TPSA) is 55.4 Å². The van der Waals surface area contributed by atoms with Crippen molar-refractivity contribution in [1.29, 1.82) is 0 Å². The summed E-state index contributed by atoms with van der Waals surface area (Å²) < 4.78 is 12.3. The van der Waals surface area contributed by atoms with E-state index in [-0.39, 0.29) is 5.91 Å². The Morgan fingerprint density at radius 2 is 1.88 bits per heavy atom. The van der Waals surface area contributed by atoms with Crippen LogP contribution < -0.4 is 5.32 Å². The third-order valence-electron chi connectivity index (χ3n) is 4.18. The molecule has 1 amide bonds. The molecule has 2 aromatic carbocycles. The predicted molar refractivity (Wildman–Crippen MR) is 104 cm³/mol. The van der Waals surface area contributed by atoms with Gasteiger partial charge in [-0.3, -0.25) is 4.79 Å². The largest absolute Gasteiger partial charge is 0.467 e. The normalized spacial score (nSPS) is 11.0. The van der Waals surface area contributed by atoms with Crippen molar-refractivity contribution >= 4 is 32.6 Å². The standard InChI is InChI=1S/C21H16BrNO3/c1-13-4-9-17-18(11-13)19(14-5-7-15(22)8-6-14)26-20(17)21(24)23-12-16-3-2-10-25-16/h2-11H,12H2,1H3,(H,23,24). The minimum atomic E-state index is -0.265. The maximum atomic E-state index is 12.7. The van der Waals surface area contributed by atoms with Gasteiger partial charge in [0.25, 0.3) is 5.91 Å². The molecule has 0 atom stereocenters. The molecule has 0 aliphatic heterocycles. The van der Waals surface area contributed by atoms with Crippen LogP contribution in [0.3, 0.4) is 0 Å². The van der Waals surface area contributed by atoms with E-state index in [0.717, 1.165) is 26.4 Å². The van der Waals surface area contributed by atoms with Crippen molar-refractivity contribution in [2.24, 2.45) is 0 Å². The molecule has 4 nitrogen and oxygen atoms in total. The molecule has 0 saturated heterocycles. The lowest BCUT2D eigenvalue weighted by Gasteiger charge is -2.01. The number of halogens is 1. The van der Waals surface area contributed by atoms with Crippen molar-refractivity contribution < 1.29 is 13.6 Å². The van der Waals surface area contributed by atoms with E-state index < -0.39 is 0 Å². The molecule has 4 rings (SSSR count). The van der Waals surface area contributed by atoms with E-state index in [1.54, 1.807) is 12.3 Å². The van der Waals surface area contributed by atoms with E-state index in [2.05, 4.69) is 21.2 Å². The lowest BCUT2D eigenvalue weighted by atomic mass is 10.0. The second kappa shape index (κ2) is 6.84. The molecule has 130 valence electrons. The van der Waals surface area contributed by atoms with Gasteiger partial charge in [0, 0.05) is 20.8 Å². The number of rotatable bonds is 4. The fraction of sp³-hybridized carbons (Fsp3) is 0.0952. The third kappa shape index (κ3) is 3.18. The van der Waals surface area contributed by atoms with Gasteiger partial charge in [-0.15, -0.1) is 0 Å². The van der Waals surface area contributed by atoms with Gasteiger partial charge in [0.2, 0.25) is 0 Å². The maximum Gasteiger partial charge on any atom is 0.288 e. The lowest BCUT2D eigenvalue weighted by Crippen LogP contribution is -2.22. The van der Waals surface area contributed by atoms with Crippen LogP contribution >= 0.6 is 15.9 Å². The third-order valence-corrected chi connectivity index (χ3v) is 4.71. The van der Waals surface area contributed by atoms with Crippen LogP contribution in [0.1, 0.15) is 21.9 Å². The molecule has 0 saturated carbocycles. The molecule has 0 radical (unpaired) electrons. The number of furan rings is 2. The van der Waals surface area contributed by atoms with Crippen LogP contribution in [0.2, 0.25) is 0 Å². The SMILES string of the molecule is Cc1ccc2c(C(=O)NCc3ccco3)oc(-c3ccc(Br)cc3)c2c1. The van der Waals surface area contributed by atoms with E-state index in [1.807, 2.05) is 55.5 Å². The van der Waals surface area contributed by atoms with Crippen molar-refractivity contribution in [3.8, 4) is 11.3 Å². The van der Waals surface area contributed by atoms with E-state index in [0.29, 0.717) is 23.8 Å². The van der Waals surface area contributed by atoms with Gasteiger partial charge < -0.3 is 14.2 Å². The van der Waals surface area contributed by atoms with Crippen molar-refractivity contribution in [2.75, 3.05) is 0 Å². The van der Waals surface area contributed by atoms with E-state index >= 15 is 0 Å². The Labute approximate surface area is 158 Å². The van der Waals surface area contributed by atoms with Crippen molar-refractivity contribution in [3.05, 3.63) is 82.4 Å². The molecule has 5 heteroatoms. The van der Waals surface area contributed by atoms with Crippen molar-refractivity contribution in [2.45, 2.75) is 13.5 Å². The molecule has 0 aliphatic carbocycles. The summed E-state index contributed by atoms with van der Waals surface area (Å²) in [6, 6.07) is 17.4. The molecule has 2 heterocycles. The summed E-state index contributed by atoms with van der Waals surface area (Å²) in [4.78, 5) is 12.7. The Kier molecular flexibility index (Phi) is 4.39. The second-order valence-electron chi connectivity index (χ2n) is 6.08. The van der Waals surface area contributed by atoms with Gasteiger partial charge in [-0.2, -0.15) is 0 Å². The lowest BCUT2D eigenvalue weighted by molar-refractivity contribution is 0.0923. The number of carbonyl (C=O) groups is 1. The van der Waals surface area contributed by atoms with Crippen LogP contribution in [0, 0.1) is 6.92 Å². The van der Waals surface area contributed by atoms with Crippen LogP contribution in [0.25, 0.3) is 22.1 Å². The number of aryl methyl sites for hydroxylation is 1. The molecule has 2 aromatic heterocycles. The smallest absolute Gasteiger partial charge is 0.288 e. The molecular formula is C21H16BrNO3. The number of benzene rings is 2. The predicted octanol–water partition coefficient (Wildman–Crippen LogP) is 5.69. The first-order valence-electron chi connectivity index (χ1n) is 8.21. The average Bonchev–Trinajstić information content (AvgIpc) is 3.28. The first-order chi connectivity index (χ1) is 12.6.